The Kier molecular flexibility index (Phi) is 4.58. The number of alkyl halides is 3. The van der Waals surface area contributed by atoms with Gasteiger partial charge in [-0.3, -0.25) is 4.79 Å². The summed E-state index contributed by atoms with van der Waals surface area (Å²) in [6, 6.07) is 1.51. The third-order valence-corrected chi connectivity index (χ3v) is 2.94. The number of aldehydes is 1. The van der Waals surface area contributed by atoms with E-state index in [0.717, 1.165) is 12.1 Å². The summed E-state index contributed by atoms with van der Waals surface area (Å²) in [5, 5.41) is 0. The van der Waals surface area contributed by atoms with Crippen LogP contribution in [0.5, 0.6) is 11.5 Å². The van der Waals surface area contributed by atoms with Crippen molar-refractivity contribution in [3.8, 4) is 11.5 Å². The van der Waals surface area contributed by atoms with Crippen LogP contribution in [0.3, 0.4) is 0 Å². The van der Waals surface area contributed by atoms with E-state index in [9.17, 15) is 30.8 Å². The second-order valence-corrected chi connectivity index (χ2v) is 4.87. The van der Waals surface area contributed by atoms with Gasteiger partial charge < -0.3 is 8.92 Å². The average molecular weight is 316 g/mol. The molecule has 0 bridgehead atoms. The van der Waals surface area contributed by atoms with Crippen LogP contribution in [-0.4, -0.2) is 26.8 Å². The van der Waals surface area contributed by atoms with Gasteiger partial charge in [-0.1, -0.05) is 0 Å². The standard InChI is InChI=1S/C10H8F4O5S/c1-2-18-9-7(11)4-3-6(5-15)8(9)19-20(16,17)10(12,13)14/h3-5H,2H2,1H3. The van der Waals surface area contributed by atoms with Crippen LogP contribution in [0.25, 0.3) is 0 Å². The summed E-state index contributed by atoms with van der Waals surface area (Å²) in [5.41, 5.74) is -6.31. The molecule has 0 fully saturated rings. The highest BCUT2D eigenvalue weighted by Gasteiger charge is 2.49. The van der Waals surface area contributed by atoms with Crippen LogP contribution in [-0.2, 0) is 10.1 Å². The van der Waals surface area contributed by atoms with Crippen molar-refractivity contribution < 1.29 is 39.7 Å². The lowest BCUT2D eigenvalue weighted by molar-refractivity contribution is -0.0500. The fraction of sp³-hybridized carbons (Fsp3) is 0.300. The monoisotopic (exact) mass is 316 g/mol. The molecular formula is C10H8F4O5S. The SMILES string of the molecule is CCOc1c(F)ccc(C=O)c1OS(=O)(=O)C(F)(F)F. The Balaban J connectivity index is 3.43. The molecule has 0 radical (unpaired) electrons. The summed E-state index contributed by atoms with van der Waals surface area (Å²) in [7, 11) is -6.05. The van der Waals surface area contributed by atoms with Crippen LogP contribution < -0.4 is 8.92 Å². The molecule has 0 saturated carbocycles. The highest BCUT2D eigenvalue weighted by Crippen LogP contribution is 2.37. The molecule has 0 saturated heterocycles. The highest BCUT2D eigenvalue weighted by molar-refractivity contribution is 7.88. The molecule has 10 heteroatoms. The minimum atomic E-state index is -6.05. The summed E-state index contributed by atoms with van der Waals surface area (Å²) in [6.45, 7) is 1.21. The van der Waals surface area contributed by atoms with Crippen LogP contribution >= 0.6 is 0 Å². The van der Waals surface area contributed by atoms with Gasteiger partial charge in [-0.25, -0.2) is 4.39 Å². The number of hydrogen-bond donors (Lipinski definition) is 0. The molecule has 20 heavy (non-hydrogen) atoms. The summed E-state index contributed by atoms with van der Waals surface area (Å²) in [6.07, 6.45) is 0.0171. The van der Waals surface area contributed by atoms with Crippen molar-refractivity contribution in [1.82, 2.24) is 0 Å². The van der Waals surface area contributed by atoms with Gasteiger partial charge >= 0.3 is 15.6 Å². The molecule has 0 heterocycles. The van der Waals surface area contributed by atoms with Crippen molar-refractivity contribution in [3.63, 3.8) is 0 Å². The third kappa shape index (κ3) is 3.18. The normalized spacial score (nSPS) is 12.1. The van der Waals surface area contributed by atoms with Crippen LogP contribution in [0.2, 0.25) is 0 Å². The van der Waals surface area contributed by atoms with Crippen molar-refractivity contribution in [1.29, 1.82) is 0 Å². The lowest BCUT2D eigenvalue weighted by Crippen LogP contribution is -2.28. The quantitative estimate of drug-likeness (QED) is 0.361. The first-order valence-corrected chi connectivity index (χ1v) is 6.46. The van der Waals surface area contributed by atoms with Crippen molar-refractivity contribution in [3.05, 3.63) is 23.5 Å². The molecule has 112 valence electrons. The maximum absolute atomic E-state index is 13.4. The molecule has 1 aromatic carbocycles. The summed E-state index contributed by atoms with van der Waals surface area (Å²) in [5.74, 6) is -3.19. The lowest BCUT2D eigenvalue weighted by Gasteiger charge is -2.15. The molecule has 1 rings (SSSR count). The van der Waals surface area contributed by atoms with Gasteiger partial charge in [-0.15, -0.1) is 0 Å². The van der Waals surface area contributed by atoms with E-state index in [-0.39, 0.29) is 12.9 Å². The fourth-order valence-electron chi connectivity index (χ4n) is 1.17. The first kappa shape index (κ1) is 16.2. The Morgan fingerprint density at radius 3 is 2.30 bits per heavy atom. The van der Waals surface area contributed by atoms with Gasteiger partial charge in [0.1, 0.15) is 0 Å². The zero-order chi connectivity index (χ0) is 15.6. The Hall–Kier alpha value is -1.84. The predicted octanol–water partition coefficient (Wildman–Crippen LogP) is 2.27. The Labute approximate surface area is 111 Å². The van der Waals surface area contributed by atoms with Crippen LogP contribution in [0, 0.1) is 5.82 Å². The first-order valence-electron chi connectivity index (χ1n) is 5.05. The minimum absolute atomic E-state index is 0.0171. The molecule has 0 aromatic heterocycles. The molecule has 0 spiro atoms. The molecule has 0 aliphatic carbocycles. The van der Waals surface area contributed by atoms with Gasteiger partial charge in [0.2, 0.25) is 0 Å². The first-order chi connectivity index (χ1) is 9.14. The zero-order valence-corrected chi connectivity index (χ0v) is 10.7. The summed E-state index contributed by atoms with van der Waals surface area (Å²) in [4.78, 5) is 10.7. The van der Waals surface area contributed by atoms with E-state index in [2.05, 4.69) is 8.92 Å². The second kappa shape index (κ2) is 5.65. The van der Waals surface area contributed by atoms with E-state index in [4.69, 9.17) is 0 Å². The molecule has 1 aromatic rings. The van der Waals surface area contributed by atoms with Gasteiger partial charge in [0, 0.05) is 0 Å². The minimum Gasteiger partial charge on any atom is -0.487 e. The molecular weight excluding hydrogens is 308 g/mol. The molecule has 5 nitrogen and oxygen atoms in total. The van der Waals surface area contributed by atoms with Gasteiger partial charge in [0.05, 0.1) is 12.2 Å². The number of halogens is 4. The average Bonchev–Trinajstić information content (AvgIpc) is 2.32. The Morgan fingerprint density at radius 2 is 1.85 bits per heavy atom. The topological polar surface area (TPSA) is 69.7 Å². The smallest absolute Gasteiger partial charge is 0.487 e. The van der Waals surface area contributed by atoms with Crippen molar-refractivity contribution in [2.24, 2.45) is 0 Å². The van der Waals surface area contributed by atoms with E-state index < -0.39 is 38.5 Å². The number of hydrogen-bond acceptors (Lipinski definition) is 5. The zero-order valence-electron chi connectivity index (χ0n) is 9.90. The summed E-state index contributed by atoms with van der Waals surface area (Å²) < 4.78 is 80.5. The van der Waals surface area contributed by atoms with E-state index in [1.54, 1.807) is 0 Å². The Morgan fingerprint density at radius 1 is 1.25 bits per heavy atom. The second-order valence-electron chi connectivity index (χ2n) is 3.33. The van der Waals surface area contributed by atoms with Gasteiger partial charge in [-0.2, -0.15) is 21.6 Å². The molecule has 0 unspecified atom stereocenters. The molecule has 0 amide bonds. The number of rotatable bonds is 5. The summed E-state index contributed by atoms with van der Waals surface area (Å²) >= 11 is 0. The van der Waals surface area contributed by atoms with E-state index in [0.29, 0.717) is 0 Å². The maximum Gasteiger partial charge on any atom is 0.534 e. The third-order valence-electron chi connectivity index (χ3n) is 1.99. The predicted molar refractivity (Wildman–Crippen MR) is 58.6 cm³/mol. The van der Waals surface area contributed by atoms with Crippen molar-refractivity contribution in [2.75, 3.05) is 6.61 Å². The molecule has 0 atom stereocenters. The number of carbonyl (C=O) groups is 1. The number of ether oxygens (including phenoxy) is 1. The Bertz CT molecular complexity index is 609. The van der Waals surface area contributed by atoms with Crippen molar-refractivity contribution in [2.45, 2.75) is 12.4 Å². The van der Waals surface area contributed by atoms with E-state index >= 15 is 0 Å². The highest BCUT2D eigenvalue weighted by atomic mass is 32.2. The fourth-order valence-corrected chi connectivity index (χ4v) is 1.65. The van der Waals surface area contributed by atoms with E-state index in [1.165, 1.54) is 6.92 Å². The maximum atomic E-state index is 13.4. The van der Waals surface area contributed by atoms with Gasteiger partial charge in [-0.05, 0) is 19.1 Å². The van der Waals surface area contributed by atoms with E-state index in [1.807, 2.05) is 0 Å². The molecule has 0 aliphatic rings. The van der Waals surface area contributed by atoms with Crippen LogP contribution in [0.1, 0.15) is 17.3 Å². The number of carbonyl (C=O) groups excluding carboxylic acids is 1. The molecule has 0 N–H and O–H groups in total. The van der Waals surface area contributed by atoms with Crippen molar-refractivity contribution >= 4 is 16.4 Å². The lowest BCUT2D eigenvalue weighted by atomic mass is 10.2. The molecule has 0 aliphatic heterocycles. The van der Waals surface area contributed by atoms with Crippen LogP contribution in [0.15, 0.2) is 12.1 Å². The number of benzene rings is 1. The van der Waals surface area contributed by atoms with Gasteiger partial charge in [0.25, 0.3) is 0 Å². The van der Waals surface area contributed by atoms with Gasteiger partial charge in [0.15, 0.2) is 23.6 Å². The van der Waals surface area contributed by atoms with Crippen LogP contribution in [0.4, 0.5) is 17.6 Å². The largest absolute Gasteiger partial charge is 0.534 e.